The van der Waals surface area contributed by atoms with Gasteiger partial charge in [-0.2, -0.15) is 0 Å². The van der Waals surface area contributed by atoms with Crippen LogP contribution in [0.4, 0.5) is 4.79 Å². The maximum atomic E-state index is 12.3. The number of hydrogen-bond donors (Lipinski definition) is 2. The topological polar surface area (TPSA) is 78.9 Å². The van der Waals surface area contributed by atoms with E-state index in [1.807, 2.05) is 20.8 Å². The van der Waals surface area contributed by atoms with Crippen molar-refractivity contribution in [3.05, 3.63) is 28.8 Å². The molecule has 1 aromatic rings. The molecular formula is C17H23ClN2O4. The van der Waals surface area contributed by atoms with Crippen LogP contribution in [0.2, 0.25) is 5.02 Å². The van der Waals surface area contributed by atoms with Crippen LogP contribution in [-0.4, -0.2) is 46.7 Å². The van der Waals surface area contributed by atoms with Crippen molar-refractivity contribution in [2.24, 2.45) is 0 Å². The van der Waals surface area contributed by atoms with Crippen molar-refractivity contribution in [2.75, 3.05) is 13.1 Å². The van der Waals surface area contributed by atoms with E-state index in [2.05, 4.69) is 5.32 Å². The van der Waals surface area contributed by atoms with E-state index >= 15 is 0 Å². The molecule has 0 saturated carbocycles. The van der Waals surface area contributed by atoms with Gasteiger partial charge in [0, 0.05) is 24.2 Å². The molecule has 1 aliphatic rings. The van der Waals surface area contributed by atoms with Crippen LogP contribution in [0.5, 0.6) is 5.75 Å². The van der Waals surface area contributed by atoms with Gasteiger partial charge in [-0.25, -0.2) is 4.79 Å². The molecule has 0 aromatic heterocycles. The van der Waals surface area contributed by atoms with Gasteiger partial charge in [-0.3, -0.25) is 4.79 Å². The standard InChI is InChI=1S/C17H23ClN2O4/c1-17(2,3)24-16(23)20-8-6-12(7-9-20)19-15(22)13-10-11(18)4-5-14(13)21/h4-5,10,12,21H,6-9H2,1-3H3,(H,19,22). The van der Waals surface area contributed by atoms with Crippen molar-refractivity contribution in [3.8, 4) is 5.75 Å². The lowest BCUT2D eigenvalue weighted by molar-refractivity contribution is 0.0199. The van der Waals surface area contributed by atoms with Gasteiger partial charge >= 0.3 is 6.09 Å². The van der Waals surface area contributed by atoms with Gasteiger partial charge in [-0.05, 0) is 51.8 Å². The first-order valence-electron chi connectivity index (χ1n) is 7.93. The number of ether oxygens (including phenoxy) is 1. The first-order chi connectivity index (χ1) is 11.2. The molecule has 0 spiro atoms. The fourth-order valence-electron chi connectivity index (χ4n) is 2.49. The van der Waals surface area contributed by atoms with Crippen LogP contribution in [0.1, 0.15) is 44.0 Å². The van der Waals surface area contributed by atoms with Crippen molar-refractivity contribution in [2.45, 2.75) is 45.3 Å². The summed E-state index contributed by atoms with van der Waals surface area (Å²) < 4.78 is 5.34. The molecule has 0 unspecified atom stereocenters. The second kappa shape index (κ2) is 7.30. The van der Waals surface area contributed by atoms with Crippen LogP contribution in [0.3, 0.4) is 0 Å². The summed E-state index contributed by atoms with van der Waals surface area (Å²) in [5.74, 6) is -0.478. The summed E-state index contributed by atoms with van der Waals surface area (Å²) in [6.45, 7) is 6.52. The van der Waals surface area contributed by atoms with E-state index in [0.717, 1.165) is 0 Å². The Balaban J connectivity index is 1.88. The number of rotatable bonds is 2. The average molecular weight is 355 g/mol. The van der Waals surface area contributed by atoms with Gasteiger partial charge < -0.3 is 20.1 Å². The van der Waals surface area contributed by atoms with Crippen LogP contribution in [-0.2, 0) is 4.74 Å². The molecule has 1 saturated heterocycles. The van der Waals surface area contributed by atoms with Crippen LogP contribution < -0.4 is 5.32 Å². The van der Waals surface area contributed by atoms with Crippen LogP contribution in [0, 0.1) is 0 Å². The monoisotopic (exact) mass is 354 g/mol. The Kier molecular flexibility index (Phi) is 5.59. The van der Waals surface area contributed by atoms with Crippen molar-refractivity contribution >= 4 is 23.6 Å². The summed E-state index contributed by atoms with van der Waals surface area (Å²) in [7, 11) is 0. The number of carbonyl (C=O) groups excluding carboxylic acids is 2. The Bertz CT molecular complexity index is 620. The molecule has 2 amide bonds. The first-order valence-corrected chi connectivity index (χ1v) is 8.31. The van der Waals surface area contributed by atoms with Crippen molar-refractivity contribution in [3.63, 3.8) is 0 Å². The number of halogens is 1. The number of aromatic hydroxyl groups is 1. The smallest absolute Gasteiger partial charge is 0.410 e. The average Bonchev–Trinajstić information content (AvgIpc) is 2.48. The number of likely N-dealkylation sites (tertiary alicyclic amines) is 1. The van der Waals surface area contributed by atoms with Crippen LogP contribution >= 0.6 is 11.6 Å². The lowest BCUT2D eigenvalue weighted by atomic mass is 10.0. The third-order valence-corrected chi connectivity index (χ3v) is 3.92. The highest BCUT2D eigenvalue weighted by Crippen LogP contribution is 2.22. The zero-order valence-corrected chi connectivity index (χ0v) is 14.9. The Morgan fingerprint density at radius 1 is 1.29 bits per heavy atom. The summed E-state index contributed by atoms with van der Waals surface area (Å²) in [6.07, 6.45) is 0.929. The molecule has 0 atom stereocenters. The lowest BCUT2D eigenvalue weighted by Crippen LogP contribution is -2.47. The zero-order valence-electron chi connectivity index (χ0n) is 14.1. The SMILES string of the molecule is CC(C)(C)OC(=O)N1CCC(NC(=O)c2cc(Cl)ccc2O)CC1. The minimum Gasteiger partial charge on any atom is -0.507 e. The highest BCUT2D eigenvalue weighted by Gasteiger charge is 2.28. The number of nitrogens with zero attached hydrogens (tertiary/aromatic N) is 1. The number of nitrogens with one attached hydrogen (secondary N) is 1. The summed E-state index contributed by atoms with van der Waals surface area (Å²) in [4.78, 5) is 25.9. The van der Waals surface area contributed by atoms with Crippen LogP contribution in [0.15, 0.2) is 18.2 Å². The van der Waals surface area contributed by atoms with Gasteiger partial charge in [-0.1, -0.05) is 11.6 Å². The van der Waals surface area contributed by atoms with E-state index in [1.165, 1.54) is 18.2 Å². The van der Waals surface area contributed by atoms with E-state index < -0.39 is 5.60 Å². The van der Waals surface area contributed by atoms with E-state index in [4.69, 9.17) is 16.3 Å². The second-order valence-corrected chi connectivity index (χ2v) is 7.31. The molecule has 24 heavy (non-hydrogen) atoms. The van der Waals surface area contributed by atoms with Crippen molar-refractivity contribution < 1.29 is 19.4 Å². The summed E-state index contributed by atoms with van der Waals surface area (Å²) >= 11 is 5.86. The van der Waals surface area contributed by atoms with Gasteiger partial charge in [0.25, 0.3) is 5.91 Å². The number of hydrogen-bond acceptors (Lipinski definition) is 4. The molecule has 0 aliphatic carbocycles. The third-order valence-electron chi connectivity index (χ3n) is 3.69. The Morgan fingerprint density at radius 3 is 2.50 bits per heavy atom. The Hall–Kier alpha value is -1.95. The molecular weight excluding hydrogens is 332 g/mol. The van der Waals surface area contributed by atoms with Gasteiger partial charge in [-0.15, -0.1) is 0 Å². The normalized spacial score (nSPS) is 15.9. The maximum absolute atomic E-state index is 12.3. The number of phenolic OH excluding ortho intramolecular Hbond substituents is 1. The summed E-state index contributed by atoms with van der Waals surface area (Å²) in [6, 6.07) is 4.28. The third kappa shape index (κ3) is 5.03. The first kappa shape index (κ1) is 18.4. The van der Waals surface area contributed by atoms with Crippen LogP contribution in [0.25, 0.3) is 0 Å². The summed E-state index contributed by atoms with van der Waals surface area (Å²) in [5.41, 5.74) is -0.372. The largest absolute Gasteiger partial charge is 0.507 e. The molecule has 1 aromatic carbocycles. The quantitative estimate of drug-likeness (QED) is 0.855. The molecule has 1 aliphatic heterocycles. The molecule has 1 heterocycles. The number of carbonyl (C=O) groups is 2. The fourth-order valence-corrected chi connectivity index (χ4v) is 2.66. The van der Waals surface area contributed by atoms with Crippen molar-refractivity contribution in [1.82, 2.24) is 10.2 Å². The Labute approximate surface area is 146 Å². The summed E-state index contributed by atoms with van der Waals surface area (Å²) in [5, 5.41) is 13.0. The number of phenols is 1. The lowest BCUT2D eigenvalue weighted by Gasteiger charge is -2.33. The van der Waals surface area contributed by atoms with E-state index in [9.17, 15) is 14.7 Å². The maximum Gasteiger partial charge on any atom is 0.410 e. The van der Waals surface area contributed by atoms with Crippen molar-refractivity contribution in [1.29, 1.82) is 0 Å². The fraction of sp³-hybridized carbons (Fsp3) is 0.529. The Morgan fingerprint density at radius 2 is 1.92 bits per heavy atom. The van der Waals surface area contributed by atoms with E-state index in [-0.39, 0.29) is 29.4 Å². The van der Waals surface area contributed by atoms with Gasteiger partial charge in [0.2, 0.25) is 0 Å². The molecule has 7 heteroatoms. The number of piperidine rings is 1. The second-order valence-electron chi connectivity index (χ2n) is 6.88. The molecule has 0 radical (unpaired) electrons. The predicted octanol–water partition coefficient (Wildman–Crippen LogP) is 3.17. The molecule has 1 fully saturated rings. The molecule has 0 bridgehead atoms. The molecule has 2 N–H and O–H groups in total. The highest BCUT2D eigenvalue weighted by molar-refractivity contribution is 6.31. The molecule has 2 rings (SSSR count). The molecule has 6 nitrogen and oxygen atoms in total. The highest BCUT2D eigenvalue weighted by atomic mass is 35.5. The van der Waals surface area contributed by atoms with Gasteiger partial charge in [0.05, 0.1) is 5.56 Å². The minimum absolute atomic E-state index is 0.0606. The van der Waals surface area contributed by atoms with Gasteiger partial charge in [0.15, 0.2) is 0 Å². The number of benzene rings is 1. The van der Waals surface area contributed by atoms with E-state index in [1.54, 1.807) is 4.90 Å². The van der Waals surface area contributed by atoms with Gasteiger partial charge in [0.1, 0.15) is 11.4 Å². The predicted molar refractivity (Wildman–Crippen MR) is 91.4 cm³/mol. The molecule has 132 valence electrons. The minimum atomic E-state index is -0.522. The zero-order chi connectivity index (χ0) is 17.9. The van der Waals surface area contributed by atoms with E-state index in [0.29, 0.717) is 31.0 Å². The number of amides is 2.